The number of carbonyl (C=O) groups is 1. The van der Waals surface area contributed by atoms with Gasteiger partial charge in [0.1, 0.15) is 0 Å². The van der Waals surface area contributed by atoms with Crippen molar-refractivity contribution in [1.82, 2.24) is 19.4 Å². The largest absolute Gasteiger partial charge is 0.348 e. The number of aromatic nitrogens is 2. The van der Waals surface area contributed by atoms with Crippen LogP contribution in [0.1, 0.15) is 22.9 Å². The van der Waals surface area contributed by atoms with E-state index in [1.54, 1.807) is 16.2 Å². The van der Waals surface area contributed by atoms with Gasteiger partial charge in [-0.05, 0) is 22.4 Å². The third-order valence-electron chi connectivity index (χ3n) is 3.93. The van der Waals surface area contributed by atoms with Gasteiger partial charge in [0.2, 0.25) is 5.91 Å². The highest BCUT2D eigenvalue weighted by Crippen LogP contribution is 2.29. The Bertz CT molecular complexity index is 632. The Morgan fingerprint density at radius 2 is 2.33 bits per heavy atom. The van der Waals surface area contributed by atoms with Gasteiger partial charge in [-0.1, -0.05) is 0 Å². The topological polar surface area (TPSA) is 41.4 Å². The first kappa shape index (κ1) is 14.3. The van der Waals surface area contributed by atoms with Crippen LogP contribution >= 0.6 is 11.3 Å². The first-order chi connectivity index (χ1) is 10.1. The van der Waals surface area contributed by atoms with Gasteiger partial charge in [-0.25, -0.2) is 4.98 Å². The predicted molar refractivity (Wildman–Crippen MR) is 83.1 cm³/mol. The van der Waals surface area contributed by atoms with Crippen molar-refractivity contribution in [2.24, 2.45) is 7.05 Å². The number of likely N-dealkylation sites (N-methyl/N-ethyl adjacent to an activating group) is 1. The lowest BCUT2D eigenvalue weighted by molar-refractivity contribution is -0.131. The fraction of sp³-hybridized carbons (Fsp3) is 0.467. The van der Waals surface area contributed by atoms with Crippen LogP contribution in [0.4, 0.5) is 0 Å². The Morgan fingerprint density at radius 1 is 1.52 bits per heavy atom. The van der Waals surface area contributed by atoms with Crippen molar-refractivity contribution in [2.45, 2.75) is 19.0 Å². The van der Waals surface area contributed by atoms with Crippen molar-refractivity contribution in [3.63, 3.8) is 0 Å². The van der Waals surface area contributed by atoms with Crippen molar-refractivity contribution in [2.75, 3.05) is 20.6 Å². The van der Waals surface area contributed by atoms with Crippen LogP contribution in [0.15, 0.2) is 23.2 Å². The van der Waals surface area contributed by atoms with Crippen molar-refractivity contribution >= 4 is 17.2 Å². The third-order valence-corrected chi connectivity index (χ3v) is 4.66. The Morgan fingerprint density at radius 3 is 3.00 bits per heavy atom. The van der Waals surface area contributed by atoms with Gasteiger partial charge in [0.05, 0.1) is 23.6 Å². The molecule has 2 aromatic heterocycles. The molecule has 0 aliphatic carbocycles. The van der Waals surface area contributed by atoms with Crippen LogP contribution in [-0.2, 0) is 24.9 Å². The summed E-state index contributed by atoms with van der Waals surface area (Å²) in [7, 11) is 5.60. The Balaban J connectivity index is 1.88. The molecule has 3 heterocycles. The maximum Gasteiger partial charge on any atom is 0.232 e. The van der Waals surface area contributed by atoms with Crippen LogP contribution in [0.5, 0.6) is 0 Å². The van der Waals surface area contributed by atoms with Gasteiger partial charge in [-0.2, -0.15) is 11.3 Å². The van der Waals surface area contributed by atoms with Crippen LogP contribution in [0.2, 0.25) is 0 Å². The van der Waals surface area contributed by atoms with E-state index in [1.807, 2.05) is 32.0 Å². The molecule has 0 aromatic carbocycles. The van der Waals surface area contributed by atoms with Crippen LogP contribution < -0.4 is 0 Å². The summed E-state index contributed by atoms with van der Waals surface area (Å²) in [4.78, 5) is 21.0. The molecule has 1 amide bonds. The molecule has 0 bridgehead atoms. The second-order valence-electron chi connectivity index (χ2n) is 5.77. The van der Waals surface area contributed by atoms with Gasteiger partial charge < -0.3 is 9.47 Å². The van der Waals surface area contributed by atoms with Crippen molar-refractivity contribution < 1.29 is 4.79 Å². The fourth-order valence-corrected chi connectivity index (χ4v) is 3.61. The quantitative estimate of drug-likeness (QED) is 0.866. The maximum atomic E-state index is 12.5. The number of carbonyl (C=O) groups excluding carboxylic acids is 1. The van der Waals surface area contributed by atoms with Gasteiger partial charge in [0.25, 0.3) is 0 Å². The fourth-order valence-electron chi connectivity index (χ4n) is 2.95. The summed E-state index contributed by atoms with van der Waals surface area (Å²) in [6, 6.07) is 2.14. The number of aryl methyl sites for hydroxylation is 1. The molecule has 112 valence electrons. The highest BCUT2D eigenvalue weighted by atomic mass is 32.1. The summed E-state index contributed by atoms with van der Waals surface area (Å²) in [5, 5.41) is 4.25. The lowest BCUT2D eigenvalue weighted by Gasteiger charge is -2.33. The highest BCUT2D eigenvalue weighted by Gasteiger charge is 2.34. The highest BCUT2D eigenvalue weighted by molar-refractivity contribution is 7.07. The van der Waals surface area contributed by atoms with E-state index >= 15 is 0 Å². The molecule has 1 aliphatic rings. The number of hydrogen-bond acceptors (Lipinski definition) is 4. The molecule has 1 aliphatic heterocycles. The molecular weight excluding hydrogens is 284 g/mol. The molecule has 0 spiro atoms. The summed E-state index contributed by atoms with van der Waals surface area (Å²) >= 11 is 1.71. The molecule has 1 unspecified atom stereocenters. The molecule has 2 aromatic rings. The van der Waals surface area contributed by atoms with Crippen LogP contribution in [0.3, 0.4) is 0 Å². The SMILES string of the molecule is CN(C)C(=O)C1CN(Cc2ccsc2)Cc2ncn(C)c21. The number of amides is 1. The monoisotopic (exact) mass is 304 g/mol. The molecule has 21 heavy (non-hydrogen) atoms. The Labute approximate surface area is 128 Å². The van der Waals surface area contributed by atoms with Crippen molar-refractivity contribution in [1.29, 1.82) is 0 Å². The minimum absolute atomic E-state index is 0.130. The number of hydrogen-bond donors (Lipinski definition) is 0. The molecule has 1 atom stereocenters. The molecule has 0 saturated carbocycles. The third kappa shape index (κ3) is 2.73. The van der Waals surface area contributed by atoms with Crippen molar-refractivity contribution in [3.8, 4) is 0 Å². The number of rotatable bonds is 3. The van der Waals surface area contributed by atoms with E-state index in [-0.39, 0.29) is 11.8 Å². The summed E-state index contributed by atoms with van der Waals surface area (Å²) in [5.74, 6) is 0.0183. The predicted octanol–water partition coefficient (Wildman–Crippen LogP) is 1.67. The first-order valence-corrected chi connectivity index (χ1v) is 7.95. The summed E-state index contributed by atoms with van der Waals surface area (Å²) in [6.07, 6.45) is 1.81. The van der Waals surface area contributed by atoms with E-state index in [0.717, 1.165) is 31.0 Å². The lowest BCUT2D eigenvalue weighted by Crippen LogP contribution is -2.41. The van der Waals surface area contributed by atoms with Crippen LogP contribution in [0.25, 0.3) is 0 Å². The summed E-state index contributed by atoms with van der Waals surface area (Å²) in [6.45, 7) is 2.43. The van der Waals surface area contributed by atoms with Gasteiger partial charge in [-0.3, -0.25) is 9.69 Å². The van der Waals surface area contributed by atoms with E-state index < -0.39 is 0 Å². The second kappa shape index (κ2) is 5.61. The second-order valence-corrected chi connectivity index (χ2v) is 6.55. The molecule has 5 nitrogen and oxygen atoms in total. The number of imidazole rings is 1. The molecule has 0 fully saturated rings. The van der Waals surface area contributed by atoms with E-state index in [2.05, 4.69) is 26.7 Å². The lowest BCUT2D eigenvalue weighted by atomic mass is 9.96. The molecular formula is C15H20N4OS. The smallest absolute Gasteiger partial charge is 0.232 e. The zero-order chi connectivity index (χ0) is 15.0. The van der Waals surface area contributed by atoms with Crippen LogP contribution in [-0.4, -0.2) is 45.9 Å². The Kier molecular flexibility index (Phi) is 3.82. The molecule has 6 heteroatoms. The van der Waals surface area contributed by atoms with Gasteiger partial charge in [-0.15, -0.1) is 0 Å². The van der Waals surface area contributed by atoms with Crippen molar-refractivity contribution in [3.05, 3.63) is 40.1 Å². The van der Waals surface area contributed by atoms with E-state index in [9.17, 15) is 4.79 Å². The van der Waals surface area contributed by atoms with Crippen LogP contribution in [0, 0.1) is 0 Å². The maximum absolute atomic E-state index is 12.5. The molecule has 3 rings (SSSR count). The van der Waals surface area contributed by atoms with E-state index in [0.29, 0.717) is 0 Å². The molecule has 0 radical (unpaired) electrons. The van der Waals surface area contributed by atoms with Gasteiger partial charge in [0.15, 0.2) is 0 Å². The van der Waals surface area contributed by atoms with E-state index in [4.69, 9.17) is 0 Å². The molecule has 0 N–H and O–H groups in total. The average Bonchev–Trinajstić information content (AvgIpc) is 3.08. The number of fused-ring (bicyclic) bond motifs is 1. The zero-order valence-electron chi connectivity index (χ0n) is 12.6. The summed E-state index contributed by atoms with van der Waals surface area (Å²) < 4.78 is 1.99. The zero-order valence-corrected chi connectivity index (χ0v) is 13.4. The number of thiophene rings is 1. The Hall–Kier alpha value is -1.66. The average molecular weight is 304 g/mol. The minimum atomic E-state index is -0.130. The van der Waals surface area contributed by atoms with Gasteiger partial charge in [0, 0.05) is 40.8 Å². The number of nitrogens with zero attached hydrogens (tertiary/aromatic N) is 4. The minimum Gasteiger partial charge on any atom is -0.348 e. The first-order valence-electron chi connectivity index (χ1n) is 7.01. The standard InChI is InChI=1S/C15H20N4OS/c1-17(2)15(20)12-7-19(6-11-4-5-21-9-11)8-13-14(12)18(3)10-16-13/h4-5,9-10,12H,6-8H2,1-3H3. The van der Waals surface area contributed by atoms with E-state index in [1.165, 1.54) is 5.56 Å². The van der Waals surface area contributed by atoms with Gasteiger partial charge >= 0.3 is 0 Å². The summed E-state index contributed by atoms with van der Waals surface area (Å²) in [5.41, 5.74) is 3.39. The normalized spacial score (nSPS) is 18.5. The molecule has 0 saturated heterocycles.